The van der Waals surface area contributed by atoms with Gasteiger partial charge in [0, 0.05) is 0 Å². The predicted molar refractivity (Wildman–Crippen MR) is 131 cm³/mol. The Morgan fingerprint density at radius 3 is 2.15 bits per heavy atom. The summed E-state index contributed by atoms with van der Waals surface area (Å²) in [4.78, 5) is 13.1. The van der Waals surface area contributed by atoms with Crippen molar-refractivity contribution >= 4 is 21.3 Å². The first-order valence-corrected chi connectivity index (χ1v) is 13.4. The molecule has 0 saturated carbocycles. The van der Waals surface area contributed by atoms with Gasteiger partial charge in [-0.1, -0.05) is 53.7 Å². The van der Waals surface area contributed by atoms with Crippen molar-refractivity contribution in [3.8, 4) is 5.88 Å². The van der Waals surface area contributed by atoms with Crippen LogP contribution in [0.2, 0.25) is 0 Å². The lowest BCUT2D eigenvalue weighted by molar-refractivity contribution is 0.0131. The second kappa shape index (κ2) is 9.26. The van der Waals surface area contributed by atoms with Crippen LogP contribution in [0.1, 0.15) is 102 Å². The third kappa shape index (κ3) is 4.55. The molecule has 0 radical (unpaired) electrons. The van der Waals surface area contributed by atoms with Crippen LogP contribution in [0.5, 0.6) is 5.88 Å². The molecule has 1 saturated heterocycles. The summed E-state index contributed by atoms with van der Waals surface area (Å²) in [5.41, 5.74) is 3.39. The van der Waals surface area contributed by atoms with Gasteiger partial charge >= 0.3 is 10.1 Å². The first-order valence-electron chi connectivity index (χ1n) is 11.9. The Hall–Kier alpha value is -2.52. The zero-order chi connectivity index (χ0) is 24.8. The first kappa shape index (κ1) is 24.6. The largest absolute Gasteiger partial charge is 0.356 e. The van der Waals surface area contributed by atoms with E-state index in [0.29, 0.717) is 11.2 Å². The van der Waals surface area contributed by atoms with Crippen molar-refractivity contribution in [3.05, 3.63) is 41.5 Å². The van der Waals surface area contributed by atoms with Crippen molar-refractivity contribution in [2.45, 2.75) is 96.3 Å². The van der Waals surface area contributed by atoms with Crippen molar-refractivity contribution in [2.75, 3.05) is 0 Å². The van der Waals surface area contributed by atoms with Crippen LogP contribution < -0.4 is 4.18 Å². The van der Waals surface area contributed by atoms with Gasteiger partial charge in [-0.3, -0.25) is 4.57 Å². The van der Waals surface area contributed by atoms with Crippen LogP contribution >= 0.6 is 0 Å². The molecule has 0 bridgehead atoms. The molecular formula is C25H34N4O4S. The summed E-state index contributed by atoms with van der Waals surface area (Å²) in [6.07, 6.45) is 4.65. The van der Waals surface area contributed by atoms with Crippen LogP contribution in [0.25, 0.3) is 11.2 Å². The molecule has 8 nitrogen and oxygen atoms in total. The van der Waals surface area contributed by atoms with Gasteiger partial charge in [0.1, 0.15) is 17.5 Å². The minimum Gasteiger partial charge on any atom is -0.356 e. The summed E-state index contributed by atoms with van der Waals surface area (Å²) in [5, 5.41) is 0. The molecule has 9 heteroatoms. The summed E-state index contributed by atoms with van der Waals surface area (Å²) in [6, 6.07) is 3.97. The molecule has 1 aliphatic heterocycles. The average molecular weight is 487 g/mol. The zero-order valence-corrected chi connectivity index (χ0v) is 21.8. The minimum atomic E-state index is -4.19. The molecular weight excluding hydrogens is 452 g/mol. The van der Waals surface area contributed by atoms with E-state index in [1.165, 1.54) is 6.33 Å². The van der Waals surface area contributed by atoms with Gasteiger partial charge in [0.25, 0.3) is 5.88 Å². The molecule has 1 unspecified atom stereocenters. The number of imidazole rings is 1. The number of ether oxygens (including phenoxy) is 1. The molecule has 2 aromatic heterocycles. The number of fused-ring (bicyclic) bond motifs is 1. The Balaban J connectivity index is 1.80. The highest BCUT2D eigenvalue weighted by atomic mass is 32.2. The highest BCUT2D eigenvalue weighted by molar-refractivity contribution is 7.87. The molecule has 1 fully saturated rings. The molecule has 3 aromatic rings. The summed E-state index contributed by atoms with van der Waals surface area (Å²) >= 11 is 0. The molecule has 2 atom stereocenters. The molecule has 34 heavy (non-hydrogen) atoms. The molecule has 4 rings (SSSR count). The summed E-state index contributed by atoms with van der Waals surface area (Å²) in [5.74, 6) is 0.192. The smallest absolute Gasteiger partial charge is 0.341 e. The molecule has 0 aliphatic carbocycles. The predicted octanol–water partition coefficient (Wildman–Crippen LogP) is 5.66. The van der Waals surface area contributed by atoms with Gasteiger partial charge in [-0.15, -0.1) is 0 Å². The van der Waals surface area contributed by atoms with Gasteiger partial charge < -0.3 is 8.92 Å². The maximum Gasteiger partial charge on any atom is 0.341 e. The molecule has 0 amide bonds. The molecule has 1 aromatic carbocycles. The Morgan fingerprint density at radius 2 is 1.62 bits per heavy atom. The van der Waals surface area contributed by atoms with E-state index in [4.69, 9.17) is 8.92 Å². The lowest BCUT2D eigenvalue weighted by Gasteiger charge is -2.22. The molecule has 3 heterocycles. The summed E-state index contributed by atoms with van der Waals surface area (Å²) < 4.78 is 40.9. The Labute approximate surface area is 201 Å². The van der Waals surface area contributed by atoms with Crippen molar-refractivity contribution in [1.82, 2.24) is 19.5 Å². The van der Waals surface area contributed by atoms with Crippen molar-refractivity contribution < 1.29 is 17.3 Å². The van der Waals surface area contributed by atoms with Gasteiger partial charge in [0.05, 0.1) is 12.4 Å². The van der Waals surface area contributed by atoms with Crippen LogP contribution in [-0.4, -0.2) is 34.0 Å². The average Bonchev–Trinajstić information content (AvgIpc) is 3.39. The molecule has 1 aliphatic rings. The van der Waals surface area contributed by atoms with Crippen LogP contribution in [-0.2, 0) is 14.9 Å². The molecule has 0 spiro atoms. The Morgan fingerprint density at radius 1 is 0.971 bits per heavy atom. The third-order valence-electron chi connectivity index (χ3n) is 6.36. The van der Waals surface area contributed by atoms with Crippen LogP contribution in [0.3, 0.4) is 0 Å². The maximum absolute atomic E-state index is 13.7. The van der Waals surface area contributed by atoms with Crippen LogP contribution in [0.15, 0.2) is 29.7 Å². The quantitative estimate of drug-likeness (QED) is 0.397. The second-order valence-corrected chi connectivity index (χ2v) is 11.5. The van der Waals surface area contributed by atoms with E-state index in [1.54, 1.807) is 6.33 Å². The number of aromatic nitrogens is 4. The fourth-order valence-electron chi connectivity index (χ4n) is 4.41. The number of hydrogen-bond donors (Lipinski definition) is 0. The number of hydrogen-bond acceptors (Lipinski definition) is 7. The first-order chi connectivity index (χ1) is 16.0. The normalized spacial score (nSPS) is 19.1. The second-order valence-electron chi connectivity index (χ2n) is 10.0. The highest BCUT2D eigenvalue weighted by Crippen LogP contribution is 2.37. The summed E-state index contributed by atoms with van der Waals surface area (Å²) in [7, 11) is -4.19. The van der Waals surface area contributed by atoms with E-state index in [1.807, 2.05) is 51.3 Å². The van der Waals surface area contributed by atoms with Gasteiger partial charge in [0.15, 0.2) is 11.2 Å². The number of benzene rings is 1. The van der Waals surface area contributed by atoms with Gasteiger partial charge in [-0.25, -0.2) is 9.97 Å². The van der Waals surface area contributed by atoms with Crippen LogP contribution in [0, 0.1) is 0 Å². The van der Waals surface area contributed by atoms with Crippen molar-refractivity contribution in [1.29, 1.82) is 0 Å². The monoisotopic (exact) mass is 486 g/mol. The van der Waals surface area contributed by atoms with Gasteiger partial charge in [-0.2, -0.15) is 13.4 Å². The molecule has 184 valence electrons. The van der Waals surface area contributed by atoms with Crippen LogP contribution in [0.4, 0.5) is 0 Å². The van der Waals surface area contributed by atoms with E-state index >= 15 is 0 Å². The SMILES string of the molecule is CC1CC[C@H](n2cnc3c(OS(=O)(=O)c4c(C(C)C)cc(C(C)C)cc4C(C)C)ncnc32)O1. The Bertz CT molecular complexity index is 1270. The fourth-order valence-corrected chi connectivity index (χ4v) is 5.99. The summed E-state index contributed by atoms with van der Waals surface area (Å²) in [6.45, 7) is 14.2. The van der Waals surface area contributed by atoms with Gasteiger partial charge in [-0.05, 0) is 54.2 Å². The van der Waals surface area contributed by atoms with Crippen molar-refractivity contribution in [2.24, 2.45) is 0 Å². The lowest BCUT2D eigenvalue weighted by atomic mass is 9.89. The zero-order valence-electron chi connectivity index (χ0n) is 20.9. The van der Waals surface area contributed by atoms with Gasteiger partial charge in [0.2, 0.25) is 0 Å². The fraction of sp³-hybridized carbons (Fsp3) is 0.560. The van der Waals surface area contributed by atoms with E-state index in [0.717, 1.165) is 29.5 Å². The number of nitrogens with zero attached hydrogens (tertiary/aromatic N) is 4. The van der Waals surface area contributed by atoms with E-state index < -0.39 is 10.1 Å². The molecule has 0 N–H and O–H groups in total. The maximum atomic E-state index is 13.7. The van der Waals surface area contributed by atoms with E-state index in [2.05, 4.69) is 28.8 Å². The minimum absolute atomic E-state index is 0.00398. The highest BCUT2D eigenvalue weighted by Gasteiger charge is 2.31. The van der Waals surface area contributed by atoms with E-state index in [-0.39, 0.29) is 40.9 Å². The lowest BCUT2D eigenvalue weighted by Crippen LogP contribution is -2.18. The third-order valence-corrected chi connectivity index (χ3v) is 7.71. The van der Waals surface area contributed by atoms with Crippen molar-refractivity contribution in [3.63, 3.8) is 0 Å². The van der Waals surface area contributed by atoms with E-state index in [9.17, 15) is 8.42 Å². The standard InChI is InChI=1S/C25H34N4O4S/c1-14(2)18-10-19(15(3)4)23(20(11-18)16(5)6)34(30,31)33-25-22-24(26-12-27-25)29(13-28-22)21-9-8-17(7)32-21/h10-17,21H,8-9H2,1-7H3/t17?,21-/m1/s1. The topological polar surface area (TPSA) is 96.2 Å². The number of rotatable bonds is 7. The Kier molecular flexibility index (Phi) is 6.70.